The second kappa shape index (κ2) is 5.99. The molecule has 3 atom stereocenters. The van der Waals surface area contributed by atoms with Crippen LogP contribution < -0.4 is 10.6 Å². The molecule has 2 rings (SSSR count). The highest BCUT2D eigenvalue weighted by Gasteiger charge is 2.46. The maximum atomic E-state index is 11.7. The molecule has 2 saturated heterocycles. The Kier molecular flexibility index (Phi) is 4.59. The normalized spacial score (nSPS) is 36.7. The lowest BCUT2D eigenvalue weighted by Crippen LogP contribution is -2.64. The van der Waals surface area contributed by atoms with Crippen LogP contribution in [0.25, 0.3) is 0 Å². The minimum atomic E-state index is -0.772. The van der Waals surface area contributed by atoms with Gasteiger partial charge in [0.25, 0.3) is 0 Å². The van der Waals surface area contributed by atoms with Gasteiger partial charge in [-0.25, -0.2) is 0 Å². The van der Waals surface area contributed by atoms with Crippen LogP contribution in [0.5, 0.6) is 0 Å². The number of ether oxygens (including phenoxy) is 1. The molecule has 0 amide bonds. The van der Waals surface area contributed by atoms with Gasteiger partial charge in [0.15, 0.2) is 0 Å². The monoisotopic (exact) mass is 256 g/mol. The molecule has 0 aromatic heterocycles. The lowest BCUT2D eigenvalue weighted by atomic mass is 9.76. The van der Waals surface area contributed by atoms with Crippen LogP contribution in [0.2, 0.25) is 0 Å². The van der Waals surface area contributed by atoms with Gasteiger partial charge in [-0.2, -0.15) is 0 Å². The van der Waals surface area contributed by atoms with E-state index in [1.807, 2.05) is 0 Å². The average molecular weight is 256 g/mol. The summed E-state index contributed by atoms with van der Waals surface area (Å²) in [5, 5.41) is 16.2. The predicted molar refractivity (Wildman–Crippen MR) is 68.6 cm³/mol. The zero-order valence-corrected chi connectivity index (χ0v) is 11.1. The van der Waals surface area contributed by atoms with Crippen molar-refractivity contribution in [2.75, 3.05) is 26.2 Å². The van der Waals surface area contributed by atoms with Gasteiger partial charge in [-0.15, -0.1) is 0 Å². The highest BCUT2D eigenvalue weighted by molar-refractivity contribution is 5.79. The van der Waals surface area contributed by atoms with Gasteiger partial charge in [-0.05, 0) is 32.2 Å². The Bertz CT molecular complexity index is 292. The van der Waals surface area contributed by atoms with Crippen LogP contribution in [-0.2, 0) is 9.53 Å². The van der Waals surface area contributed by atoms with Crippen LogP contribution >= 0.6 is 0 Å². The lowest BCUT2D eigenvalue weighted by Gasteiger charge is -2.42. The zero-order valence-electron chi connectivity index (χ0n) is 11.1. The number of piperidine rings is 1. The molecule has 18 heavy (non-hydrogen) atoms. The van der Waals surface area contributed by atoms with E-state index in [1.54, 1.807) is 0 Å². The van der Waals surface area contributed by atoms with E-state index in [0.717, 1.165) is 39.0 Å². The summed E-state index contributed by atoms with van der Waals surface area (Å²) in [5.41, 5.74) is -0.772. The molecule has 104 valence electrons. The van der Waals surface area contributed by atoms with E-state index in [2.05, 4.69) is 17.6 Å². The molecule has 3 unspecified atom stereocenters. The Morgan fingerprint density at radius 2 is 2.44 bits per heavy atom. The van der Waals surface area contributed by atoms with E-state index < -0.39 is 11.5 Å². The zero-order chi connectivity index (χ0) is 13.0. The van der Waals surface area contributed by atoms with Crippen molar-refractivity contribution in [2.24, 2.45) is 5.92 Å². The van der Waals surface area contributed by atoms with Crippen LogP contribution in [0.1, 0.15) is 32.6 Å². The summed E-state index contributed by atoms with van der Waals surface area (Å²) < 4.78 is 5.57. The fraction of sp³-hybridized carbons (Fsp3) is 0.923. The van der Waals surface area contributed by atoms with Crippen LogP contribution in [-0.4, -0.2) is 49.0 Å². The van der Waals surface area contributed by atoms with Crippen LogP contribution in [0.3, 0.4) is 0 Å². The molecule has 5 nitrogen and oxygen atoms in total. The Labute approximate surface area is 108 Å². The van der Waals surface area contributed by atoms with Gasteiger partial charge in [0, 0.05) is 25.6 Å². The molecule has 3 N–H and O–H groups in total. The topological polar surface area (TPSA) is 70.6 Å². The Morgan fingerprint density at radius 3 is 3.06 bits per heavy atom. The number of rotatable bonds is 5. The molecule has 0 aromatic rings. The predicted octanol–water partition coefficient (Wildman–Crippen LogP) is 0.598. The summed E-state index contributed by atoms with van der Waals surface area (Å²) in [6.07, 6.45) is 3.84. The van der Waals surface area contributed by atoms with Crippen molar-refractivity contribution in [2.45, 2.75) is 44.2 Å². The van der Waals surface area contributed by atoms with Crippen LogP contribution in [0.15, 0.2) is 0 Å². The quantitative estimate of drug-likeness (QED) is 0.672. The molecule has 0 bridgehead atoms. The number of carboxylic acid groups (broad SMARTS) is 1. The van der Waals surface area contributed by atoms with E-state index in [4.69, 9.17) is 4.74 Å². The van der Waals surface area contributed by atoms with E-state index >= 15 is 0 Å². The number of nitrogens with one attached hydrogen (secondary N) is 2. The molecule has 0 aromatic carbocycles. The Morgan fingerprint density at radius 1 is 1.61 bits per heavy atom. The summed E-state index contributed by atoms with van der Waals surface area (Å²) >= 11 is 0. The molecule has 2 aliphatic heterocycles. The molecule has 0 radical (unpaired) electrons. The SMILES string of the molecule is CCC1CNCCC1(NCC1CCCO1)C(=O)O. The molecular formula is C13H24N2O3. The summed E-state index contributed by atoms with van der Waals surface area (Å²) in [7, 11) is 0. The molecule has 0 aliphatic carbocycles. The number of aliphatic carboxylic acids is 1. The Hall–Kier alpha value is -0.650. The molecule has 0 saturated carbocycles. The minimum absolute atomic E-state index is 0.144. The number of hydrogen-bond acceptors (Lipinski definition) is 4. The van der Waals surface area contributed by atoms with Crippen molar-refractivity contribution in [1.29, 1.82) is 0 Å². The van der Waals surface area contributed by atoms with E-state index in [-0.39, 0.29) is 12.0 Å². The summed E-state index contributed by atoms with van der Waals surface area (Å²) in [6, 6.07) is 0. The number of hydrogen-bond donors (Lipinski definition) is 3. The first-order valence-corrected chi connectivity index (χ1v) is 7.00. The maximum Gasteiger partial charge on any atom is 0.324 e. The second-order valence-corrected chi connectivity index (χ2v) is 5.35. The highest BCUT2D eigenvalue weighted by atomic mass is 16.5. The highest BCUT2D eigenvalue weighted by Crippen LogP contribution is 2.28. The number of carbonyl (C=O) groups is 1. The first kappa shape index (κ1) is 13.8. The van der Waals surface area contributed by atoms with Gasteiger partial charge in [0.2, 0.25) is 0 Å². The van der Waals surface area contributed by atoms with Crippen molar-refractivity contribution in [3.63, 3.8) is 0 Å². The van der Waals surface area contributed by atoms with Crippen molar-refractivity contribution in [1.82, 2.24) is 10.6 Å². The summed E-state index contributed by atoms with van der Waals surface area (Å²) in [4.78, 5) is 11.7. The van der Waals surface area contributed by atoms with E-state index in [1.165, 1.54) is 0 Å². The van der Waals surface area contributed by atoms with E-state index in [0.29, 0.717) is 13.0 Å². The molecule has 2 aliphatic rings. The third-order valence-corrected chi connectivity index (χ3v) is 4.33. The smallest absolute Gasteiger partial charge is 0.324 e. The minimum Gasteiger partial charge on any atom is -0.480 e. The van der Waals surface area contributed by atoms with Crippen molar-refractivity contribution < 1.29 is 14.6 Å². The average Bonchev–Trinajstić information content (AvgIpc) is 2.89. The van der Waals surface area contributed by atoms with Gasteiger partial charge < -0.3 is 15.2 Å². The molecular weight excluding hydrogens is 232 g/mol. The standard InChI is InChI=1S/C13H24N2O3/c1-2-10-8-14-6-5-13(10,12(16)17)15-9-11-4-3-7-18-11/h10-11,14-15H,2-9H2,1H3,(H,16,17). The molecule has 0 spiro atoms. The van der Waals surface area contributed by atoms with E-state index in [9.17, 15) is 9.90 Å². The Balaban J connectivity index is 2.02. The van der Waals surface area contributed by atoms with Gasteiger partial charge >= 0.3 is 5.97 Å². The van der Waals surface area contributed by atoms with Gasteiger partial charge in [-0.3, -0.25) is 10.1 Å². The summed E-state index contributed by atoms with van der Waals surface area (Å²) in [5.74, 6) is -0.570. The third-order valence-electron chi connectivity index (χ3n) is 4.33. The van der Waals surface area contributed by atoms with Crippen molar-refractivity contribution in [3.8, 4) is 0 Å². The first-order chi connectivity index (χ1) is 8.69. The van der Waals surface area contributed by atoms with Gasteiger partial charge in [0.05, 0.1) is 6.10 Å². The van der Waals surface area contributed by atoms with Crippen molar-refractivity contribution >= 4 is 5.97 Å². The van der Waals surface area contributed by atoms with Gasteiger partial charge in [0.1, 0.15) is 5.54 Å². The molecule has 2 fully saturated rings. The molecule has 5 heteroatoms. The maximum absolute atomic E-state index is 11.7. The first-order valence-electron chi connectivity index (χ1n) is 7.00. The second-order valence-electron chi connectivity index (χ2n) is 5.35. The lowest BCUT2D eigenvalue weighted by molar-refractivity contribution is -0.149. The third kappa shape index (κ3) is 2.68. The van der Waals surface area contributed by atoms with Gasteiger partial charge in [-0.1, -0.05) is 6.92 Å². The van der Waals surface area contributed by atoms with Crippen LogP contribution in [0.4, 0.5) is 0 Å². The largest absolute Gasteiger partial charge is 0.480 e. The molecule has 2 heterocycles. The summed E-state index contributed by atoms with van der Waals surface area (Å²) in [6.45, 7) is 5.07. The van der Waals surface area contributed by atoms with Crippen LogP contribution in [0, 0.1) is 5.92 Å². The fourth-order valence-corrected chi connectivity index (χ4v) is 3.12. The van der Waals surface area contributed by atoms with Crippen molar-refractivity contribution in [3.05, 3.63) is 0 Å². The number of carboxylic acids is 1. The fourth-order valence-electron chi connectivity index (χ4n) is 3.12.